The van der Waals surface area contributed by atoms with Gasteiger partial charge in [0.15, 0.2) is 0 Å². The Morgan fingerprint density at radius 1 is 0.459 bits per heavy atom. The molecule has 0 saturated carbocycles. The molecule has 0 atom stereocenters. The molecule has 0 heteroatoms. The van der Waals surface area contributed by atoms with E-state index in [1.54, 1.807) is 0 Å². The van der Waals surface area contributed by atoms with Gasteiger partial charge in [0.2, 0.25) is 0 Å². The van der Waals surface area contributed by atoms with Crippen LogP contribution in [0.1, 0.15) is 139 Å². The number of aryl methyl sites for hydroxylation is 2. The molecule has 0 unspecified atom stereocenters. The van der Waals surface area contributed by atoms with E-state index in [0.717, 1.165) is 0 Å². The van der Waals surface area contributed by atoms with Gasteiger partial charge in [0.1, 0.15) is 0 Å². The van der Waals surface area contributed by atoms with Gasteiger partial charge in [0.25, 0.3) is 0 Å². The van der Waals surface area contributed by atoms with Gasteiger partial charge in [-0.05, 0) is 73.6 Å². The molecule has 2 rings (SSSR count). The molecule has 2 aromatic rings. The number of rotatable bonds is 22. The molecule has 37 heavy (non-hydrogen) atoms. The standard InChI is InChI=1S/C37H56/c1-5-7-9-11-13-15-17-19-21-23-33-25-29-35(30-26-33)37(3,4)36-31-27-34(28-32-36)24-22-20-18-16-14-12-10-8-6-2/h5-6,25-32H,1-2,7-24H2,3-4H3. The zero-order valence-electron chi connectivity index (χ0n) is 24.4. The fourth-order valence-corrected chi connectivity index (χ4v) is 5.35. The van der Waals surface area contributed by atoms with Gasteiger partial charge in [0, 0.05) is 5.41 Å². The van der Waals surface area contributed by atoms with E-state index in [2.05, 4.69) is 75.5 Å². The highest BCUT2D eigenvalue weighted by atomic mass is 14.3. The van der Waals surface area contributed by atoms with E-state index >= 15 is 0 Å². The van der Waals surface area contributed by atoms with Crippen LogP contribution in [-0.2, 0) is 18.3 Å². The number of unbranched alkanes of at least 4 members (excludes halogenated alkanes) is 14. The Hall–Kier alpha value is -2.08. The smallest absolute Gasteiger partial charge is 0.0146 e. The number of allylic oxidation sites excluding steroid dienone is 2. The molecule has 0 aliphatic heterocycles. The summed E-state index contributed by atoms with van der Waals surface area (Å²) in [7, 11) is 0. The van der Waals surface area contributed by atoms with Crippen LogP contribution >= 0.6 is 0 Å². The van der Waals surface area contributed by atoms with Gasteiger partial charge in [0.05, 0.1) is 0 Å². The number of hydrogen-bond acceptors (Lipinski definition) is 0. The quantitative estimate of drug-likeness (QED) is 0.111. The van der Waals surface area contributed by atoms with Crippen LogP contribution in [0.3, 0.4) is 0 Å². The minimum Gasteiger partial charge on any atom is -0.103 e. The third-order valence-electron chi connectivity index (χ3n) is 8.10. The molecule has 0 aliphatic rings. The fourth-order valence-electron chi connectivity index (χ4n) is 5.35. The lowest BCUT2D eigenvalue weighted by atomic mass is 9.77. The van der Waals surface area contributed by atoms with Crippen LogP contribution < -0.4 is 0 Å². The maximum absolute atomic E-state index is 3.81. The van der Waals surface area contributed by atoms with Gasteiger partial charge in [-0.3, -0.25) is 0 Å². The third-order valence-corrected chi connectivity index (χ3v) is 8.10. The van der Waals surface area contributed by atoms with Crippen molar-refractivity contribution in [2.45, 2.75) is 135 Å². The van der Waals surface area contributed by atoms with Crippen LogP contribution in [0.25, 0.3) is 0 Å². The van der Waals surface area contributed by atoms with Crippen molar-refractivity contribution in [2.75, 3.05) is 0 Å². The second-order valence-electron chi connectivity index (χ2n) is 11.6. The van der Waals surface area contributed by atoms with Gasteiger partial charge in [-0.15, -0.1) is 13.2 Å². The van der Waals surface area contributed by atoms with Gasteiger partial charge < -0.3 is 0 Å². The molecule has 0 spiro atoms. The molecule has 2 aromatic carbocycles. The third kappa shape index (κ3) is 12.8. The van der Waals surface area contributed by atoms with Crippen molar-refractivity contribution in [3.8, 4) is 0 Å². The van der Waals surface area contributed by atoms with Gasteiger partial charge in [-0.2, -0.15) is 0 Å². The maximum Gasteiger partial charge on any atom is 0.0146 e. The van der Waals surface area contributed by atoms with Crippen molar-refractivity contribution in [3.63, 3.8) is 0 Å². The Labute approximate surface area is 230 Å². The topological polar surface area (TPSA) is 0 Å². The highest BCUT2D eigenvalue weighted by molar-refractivity contribution is 5.39. The van der Waals surface area contributed by atoms with Crippen LogP contribution in [0.2, 0.25) is 0 Å². The summed E-state index contributed by atoms with van der Waals surface area (Å²) in [5.74, 6) is 0. The Balaban J connectivity index is 1.68. The summed E-state index contributed by atoms with van der Waals surface area (Å²) in [6, 6.07) is 18.9. The van der Waals surface area contributed by atoms with Crippen molar-refractivity contribution in [3.05, 3.63) is 96.1 Å². The monoisotopic (exact) mass is 500 g/mol. The lowest BCUT2D eigenvalue weighted by molar-refractivity contribution is 0.581. The Bertz CT molecular complexity index is 765. The Morgan fingerprint density at radius 3 is 1.08 bits per heavy atom. The maximum atomic E-state index is 3.81. The molecule has 0 fully saturated rings. The zero-order valence-corrected chi connectivity index (χ0v) is 24.4. The van der Waals surface area contributed by atoms with E-state index in [4.69, 9.17) is 0 Å². The summed E-state index contributed by atoms with van der Waals surface area (Å²) >= 11 is 0. The highest BCUT2D eigenvalue weighted by Gasteiger charge is 2.22. The molecular formula is C37H56. The van der Waals surface area contributed by atoms with E-state index in [-0.39, 0.29) is 5.41 Å². The Morgan fingerprint density at radius 2 is 0.757 bits per heavy atom. The first-order valence-electron chi connectivity index (χ1n) is 15.5. The lowest BCUT2D eigenvalue weighted by Crippen LogP contribution is -2.18. The number of hydrogen-bond donors (Lipinski definition) is 0. The summed E-state index contributed by atoms with van der Waals surface area (Å²) in [6.45, 7) is 12.3. The van der Waals surface area contributed by atoms with E-state index in [9.17, 15) is 0 Å². The van der Waals surface area contributed by atoms with E-state index < -0.39 is 0 Å². The van der Waals surface area contributed by atoms with Crippen molar-refractivity contribution in [1.29, 1.82) is 0 Å². The van der Waals surface area contributed by atoms with Crippen LogP contribution in [0, 0.1) is 0 Å². The normalized spacial score (nSPS) is 11.5. The zero-order chi connectivity index (χ0) is 26.6. The van der Waals surface area contributed by atoms with Crippen LogP contribution in [0.4, 0.5) is 0 Å². The minimum absolute atomic E-state index is 0.0360. The van der Waals surface area contributed by atoms with Gasteiger partial charge in [-0.1, -0.05) is 139 Å². The molecule has 0 nitrogen and oxygen atoms in total. The van der Waals surface area contributed by atoms with E-state index in [1.807, 2.05) is 12.2 Å². The first-order valence-corrected chi connectivity index (χ1v) is 15.5. The predicted octanol–water partition coefficient (Wildman–Crippen LogP) is 11.7. The summed E-state index contributed by atoms with van der Waals surface area (Å²) in [6.07, 6.45) is 27.9. The summed E-state index contributed by atoms with van der Waals surface area (Å²) < 4.78 is 0. The number of benzene rings is 2. The van der Waals surface area contributed by atoms with E-state index in [0.29, 0.717) is 0 Å². The van der Waals surface area contributed by atoms with Crippen molar-refractivity contribution >= 4 is 0 Å². The fraction of sp³-hybridized carbons (Fsp3) is 0.568. The second-order valence-corrected chi connectivity index (χ2v) is 11.6. The van der Waals surface area contributed by atoms with Crippen molar-refractivity contribution < 1.29 is 0 Å². The molecule has 0 amide bonds. The predicted molar refractivity (Wildman–Crippen MR) is 167 cm³/mol. The molecule has 0 saturated heterocycles. The minimum atomic E-state index is 0.0360. The van der Waals surface area contributed by atoms with Crippen molar-refractivity contribution in [2.24, 2.45) is 0 Å². The molecule has 0 bridgehead atoms. The average molecular weight is 501 g/mol. The summed E-state index contributed by atoms with van der Waals surface area (Å²) in [5.41, 5.74) is 5.83. The second kappa shape index (κ2) is 19.1. The molecule has 204 valence electrons. The van der Waals surface area contributed by atoms with Crippen LogP contribution in [-0.4, -0.2) is 0 Å². The molecule has 0 heterocycles. The molecular weight excluding hydrogens is 444 g/mol. The Kier molecular flexibility index (Phi) is 16.0. The van der Waals surface area contributed by atoms with Crippen LogP contribution in [0.15, 0.2) is 73.8 Å². The highest BCUT2D eigenvalue weighted by Crippen LogP contribution is 2.32. The van der Waals surface area contributed by atoms with Crippen LogP contribution in [0.5, 0.6) is 0 Å². The first kappa shape index (κ1) is 31.1. The molecule has 0 aliphatic carbocycles. The summed E-state index contributed by atoms with van der Waals surface area (Å²) in [4.78, 5) is 0. The van der Waals surface area contributed by atoms with Gasteiger partial charge in [-0.25, -0.2) is 0 Å². The van der Waals surface area contributed by atoms with Gasteiger partial charge >= 0.3 is 0 Å². The van der Waals surface area contributed by atoms with E-state index in [1.165, 1.54) is 138 Å². The molecule has 0 aromatic heterocycles. The molecule has 0 radical (unpaired) electrons. The average Bonchev–Trinajstić information content (AvgIpc) is 2.92. The largest absolute Gasteiger partial charge is 0.103 e. The SMILES string of the molecule is C=CCCCCCCCCCc1ccc(C(C)(C)c2ccc(CCCCCCCCCC=C)cc2)cc1. The molecule has 0 N–H and O–H groups in total. The lowest BCUT2D eigenvalue weighted by Gasteiger charge is -2.26. The summed E-state index contributed by atoms with van der Waals surface area (Å²) in [5, 5.41) is 0. The van der Waals surface area contributed by atoms with Crippen molar-refractivity contribution in [1.82, 2.24) is 0 Å². The first-order chi connectivity index (χ1) is 18.1.